The molecule has 0 radical (unpaired) electrons. The van der Waals surface area contributed by atoms with E-state index in [0.29, 0.717) is 13.0 Å². The second-order valence-electron chi connectivity index (χ2n) is 7.74. The highest BCUT2D eigenvalue weighted by atomic mass is 16.2. The highest BCUT2D eigenvalue weighted by molar-refractivity contribution is 5.83. The van der Waals surface area contributed by atoms with Gasteiger partial charge in [0.2, 0.25) is 11.8 Å². The summed E-state index contributed by atoms with van der Waals surface area (Å²) in [5.74, 6) is 0.371. The Morgan fingerprint density at radius 3 is 2.67 bits per heavy atom. The number of aromatic nitrogens is 1. The highest BCUT2D eigenvalue weighted by Crippen LogP contribution is 2.58. The van der Waals surface area contributed by atoms with Crippen molar-refractivity contribution in [1.82, 2.24) is 15.2 Å². The molecule has 0 unspecified atom stereocenters. The first-order valence-corrected chi connectivity index (χ1v) is 9.65. The van der Waals surface area contributed by atoms with Gasteiger partial charge in [0.1, 0.15) is 0 Å². The van der Waals surface area contributed by atoms with Crippen LogP contribution in [0, 0.1) is 11.3 Å². The zero-order valence-corrected chi connectivity index (χ0v) is 15.4. The summed E-state index contributed by atoms with van der Waals surface area (Å²) >= 11 is 0. The predicted molar refractivity (Wildman–Crippen MR) is 103 cm³/mol. The molecule has 2 aliphatic rings. The number of amides is 2. The molecule has 1 aliphatic carbocycles. The van der Waals surface area contributed by atoms with Crippen molar-refractivity contribution in [3.63, 3.8) is 0 Å². The smallest absolute Gasteiger partial charge is 0.224 e. The highest BCUT2D eigenvalue weighted by Gasteiger charge is 2.61. The van der Waals surface area contributed by atoms with E-state index in [0.717, 1.165) is 37.9 Å². The number of carbonyl (C=O) groups excluding carboxylic acids is 2. The lowest BCUT2D eigenvalue weighted by atomic mass is 10.0. The second-order valence-corrected chi connectivity index (χ2v) is 7.74. The Labute approximate surface area is 159 Å². The Morgan fingerprint density at radius 1 is 1.11 bits per heavy atom. The molecule has 140 valence electrons. The first-order valence-electron chi connectivity index (χ1n) is 9.65. The van der Waals surface area contributed by atoms with Gasteiger partial charge in [0.15, 0.2) is 0 Å². The average molecular weight is 363 g/mol. The van der Waals surface area contributed by atoms with Crippen molar-refractivity contribution in [2.24, 2.45) is 11.3 Å². The van der Waals surface area contributed by atoms with Crippen LogP contribution in [0.25, 0.3) is 0 Å². The van der Waals surface area contributed by atoms with Gasteiger partial charge in [0.25, 0.3) is 0 Å². The molecule has 1 aromatic carbocycles. The molecular weight excluding hydrogens is 338 g/mol. The first-order chi connectivity index (χ1) is 13.2. The van der Waals surface area contributed by atoms with Gasteiger partial charge < -0.3 is 10.2 Å². The van der Waals surface area contributed by atoms with Crippen LogP contribution in [-0.2, 0) is 22.6 Å². The fourth-order valence-corrected chi connectivity index (χ4v) is 4.15. The molecule has 1 saturated carbocycles. The number of hydrogen-bond donors (Lipinski definition) is 1. The molecule has 4 rings (SSSR count). The lowest BCUT2D eigenvalue weighted by Crippen LogP contribution is -2.31. The summed E-state index contributed by atoms with van der Waals surface area (Å²) in [7, 11) is 0. The Kier molecular flexibility index (Phi) is 4.92. The standard InChI is InChI=1S/C22H25N3O2/c26-20(7-6-17-4-2-1-3-5-17)25-13-10-22(16-25)14-19(22)21(27)24-15-18-8-11-23-12-9-18/h1-5,8-9,11-12,19H,6-7,10,13-16H2,(H,24,27)/t19-,22-/m0/s1. The molecule has 5 heteroatoms. The molecule has 1 N–H and O–H groups in total. The molecule has 5 nitrogen and oxygen atoms in total. The maximum atomic E-state index is 12.5. The van der Waals surface area contributed by atoms with Crippen LogP contribution in [0.4, 0.5) is 0 Å². The quantitative estimate of drug-likeness (QED) is 0.858. The van der Waals surface area contributed by atoms with Crippen LogP contribution in [0.3, 0.4) is 0 Å². The van der Waals surface area contributed by atoms with E-state index in [1.807, 2.05) is 35.2 Å². The second kappa shape index (κ2) is 7.51. The predicted octanol–water partition coefficient (Wildman–Crippen LogP) is 2.57. The number of nitrogens with zero attached hydrogens (tertiary/aromatic N) is 2. The van der Waals surface area contributed by atoms with Crippen LogP contribution in [0.15, 0.2) is 54.9 Å². The van der Waals surface area contributed by atoms with Gasteiger partial charge >= 0.3 is 0 Å². The fourth-order valence-electron chi connectivity index (χ4n) is 4.15. The number of benzene rings is 1. The number of hydrogen-bond acceptors (Lipinski definition) is 3. The van der Waals surface area contributed by atoms with Crippen LogP contribution in [0.1, 0.15) is 30.4 Å². The van der Waals surface area contributed by atoms with Gasteiger partial charge in [-0.25, -0.2) is 0 Å². The van der Waals surface area contributed by atoms with Crippen molar-refractivity contribution in [3.8, 4) is 0 Å². The monoisotopic (exact) mass is 363 g/mol. The number of aryl methyl sites for hydroxylation is 1. The molecule has 2 atom stereocenters. The number of nitrogens with one attached hydrogen (secondary N) is 1. The van der Waals surface area contributed by atoms with Crippen LogP contribution < -0.4 is 5.32 Å². The van der Waals surface area contributed by atoms with E-state index in [2.05, 4.69) is 22.4 Å². The minimum absolute atomic E-state index is 0.0186. The normalized spacial score (nSPS) is 23.4. The van der Waals surface area contributed by atoms with Crippen molar-refractivity contribution in [2.45, 2.75) is 32.2 Å². The summed E-state index contributed by atoms with van der Waals surface area (Å²) in [6.07, 6.45) is 6.62. The van der Waals surface area contributed by atoms with Crippen molar-refractivity contribution in [3.05, 3.63) is 66.0 Å². The van der Waals surface area contributed by atoms with Gasteiger partial charge in [-0.2, -0.15) is 0 Å². The van der Waals surface area contributed by atoms with E-state index < -0.39 is 0 Å². The summed E-state index contributed by atoms with van der Waals surface area (Å²) in [4.78, 5) is 31.0. The summed E-state index contributed by atoms with van der Waals surface area (Å²) in [6.45, 7) is 2.05. The molecule has 2 aromatic rings. The molecule has 2 fully saturated rings. The van der Waals surface area contributed by atoms with E-state index in [1.54, 1.807) is 12.4 Å². The zero-order chi connectivity index (χ0) is 18.7. The third kappa shape index (κ3) is 4.02. The van der Waals surface area contributed by atoms with Crippen molar-refractivity contribution in [1.29, 1.82) is 0 Å². The summed E-state index contributed by atoms with van der Waals surface area (Å²) in [5, 5.41) is 3.03. The Balaban J connectivity index is 1.24. The van der Waals surface area contributed by atoms with E-state index in [-0.39, 0.29) is 23.1 Å². The van der Waals surface area contributed by atoms with Gasteiger partial charge in [0.05, 0.1) is 0 Å². The third-order valence-electron chi connectivity index (χ3n) is 5.93. The summed E-state index contributed by atoms with van der Waals surface area (Å²) in [6, 6.07) is 13.9. The lowest BCUT2D eigenvalue weighted by molar-refractivity contribution is -0.130. The fraction of sp³-hybridized carbons (Fsp3) is 0.409. The molecule has 1 aliphatic heterocycles. The SMILES string of the molecule is O=C(NCc1ccncc1)[C@@H]1C[C@]12CCN(C(=O)CCc1ccccc1)C2. The number of likely N-dealkylation sites (tertiary alicyclic amines) is 1. The maximum absolute atomic E-state index is 12.5. The van der Waals surface area contributed by atoms with Crippen molar-refractivity contribution < 1.29 is 9.59 Å². The molecule has 27 heavy (non-hydrogen) atoms. The first kappa shape index (κ1) is 17.7. The lowest BCUT2D eigenvalue weighted by Gasteiger charge is -2.17. The third-order valence-corrected chi connectivity index (χ3v) is 5.93. The van der Waals surface area contributed by atoms with Crippen LogP contribution in [0.2, 0.25) is 0 Å². The Morgan fingerprint density at radius 2 is 1.89 bits per heavy atom. The number of pyridine rings is 1. The van der Waals surface area contributed by atoms with E-state index in [4.69, 9.17) is 0 Å². The number of rotatable bonds is 6. The summed E-state index contributed by atoms with van der Waals surface area (Å²) in [5.41, 5.74) is 2.27. The summed E-state index contributed by atoms with van der Waals surface area (Å²) < 4.78 is 0. The minimum Gasteiger partial charge on any atom is -0.352 e. The molecule has 0 bridgehead atoms. The van der Waals surface area contributed by atoms with Crippen molar-refractivity contribution in [2.75, 3.05) is 13.1 Å². The van der Waals surface area contributed by atoms with Gasteiger partial charge in [-0.3, -0.25) is 14.6 Å². The molecule has 1 saturated heterocycles. The van der Waals surface area contributed by atoms with E-state index >= 15 is 0 Å². The maximum Gasteiger partial charge on any atom is 0.224 e. The van der Waals surface area contributed by atoms with Crippen molar-refractivity contribution >= 4 is 11.8 Å². The minimum atomic E-state index is 0.0186. The molecule has 2 amide bonds. The largest absolute Gasteiger partial charge is 0.352 e. The Hall–Kier alpha value is -2.69. The molecule has 2 heterocycles. The van der Waals surface area contributed by atoms with E-state index in [9.17, 15) is 9.59 Å². The van der Waals surface area contributed by atoms with Gasteiger partial charge in [-0.1, -0.05) is 30.3 Å². The molecular formula is C22H25N3O2. The van der Waals surface area contributed by atoms with E-state index in [1.165, 1.54) is 5.56 Å². The van der Waals surface area contributed by atoms with Gasteiger partial charge in [-0.05, 0) is 42.5 Å². The van der Waals surface area contributed by atoms with Gasteiger partial charge in [-0.15, -0.1) is 0 Å². The molecule has 1 spiro atoms. The van der Waals surface area contributed by atoms with Crippen LogP contribution in [-0.4, -0.2) is 34.8 Å². The topological polar surface area (TPSA) is 62.3 Å². The average Bonchev–Trinajstić information content (AvgIpc) is 3.25. The number of carbonyl (C=O) groups is 2. The zero-order valence-electron chi connectivity index (χ0n) is 15.4. The van der Waals surface area contributed by atoms with Crippen LogP contribution >= 0.6 is 0 Å². The van der Waals surface area contributed by atoms with Gasteiger partial charge in [0, 0.05) is 49.8 Å². The molecule has 1 aromatic heterocycles. The van der Waals surface area contributed by atoms with Crippen LogP contribution in [0.5, 0.6) is 0 Å². The Bertz CT molecular complexity index is 753.